The Bertz CT molecular complexity index is 388. The zero-order chi connectivity index (χ0) is 12.3. The Kier molecular flexibility index (Phi) is 3.82. The van der Waals surface area contributed by atoms with E-state index < -0.39 is 0 Å². The van der Waals surface area contributed by atoms with Crippen LogP contribution < -0.4 is 10.6 Å². The average molecular weight is 221 g/mol. The Morgan fingerprint density at radius 3 is 2.69 bits per heavy atom. The number of hydrogen-bond donors (Lipinski definition) is 2. The van der Waals surface area contributed by atoms with Crippen LogP contribution in [0, 0.1) is 12.3 Å². The van der Waals surface area contributed by atoms with Gasteiger partial charge in [0.2, 0.25) is 5.95 Å². The molecule has 16 heavy (non-hydrogen) atoms. The minimum absolute atomic E-state index is 0.0238. The van der Waals surface area contributed by atoms with Crippen molar-refractivity contribution in [2.24, 2.45) is 5.73 Å². The minimum Gasteiger partial charge on any atom is -0.382 e. The van der Waals surface area contributed by atoms with Crippen molar-refractivity contribution in [3.8, 4) is 0 Å². The fourth-order valence-corrected chi connectivity index (χ4v) is 1.32. The lowest BCUT2D eigenvalue weighted by Gasteiger charge is -2.24. The van der Waals surface area contributed by atoms with Crippen LogP contribution >= 0.6 is 0 Å². The van der Waals surface area contributed by atoms with E-state index in [4.69, 9.17) is 11.1 Å². The Labute approximate surface area is 96.2 Å². The van der Waals surface area contributed by atoms with Crippen molar-refractivity contribution in [1.82, 2.24) is 9.97 Å². The lowest BCUT2D eigenvalue weighted by molar-refractivity contribution is 0.647. The lowest BCUT2D eigenvalue weighted by Crippen LogP contribution is -2.30. The monoisotopic (exact) mass is 221 g/mol. The number of nitrogens with zero attached hydrogens (tertiary/aromatic N) is 3. The number of nitrogens with one attached hydrogen (secondary N) is 1. The van der Waals surface area contributed by atoms with E-state index in [9.17, 15) is 0 Å². The van der Waals surface area contributed by atoms with Crippen LogP contribution in [0.25, 0.3) is 0 Å². The molecule has 3 N–H and O–H groups in total. The summed E-state index contributed by atoms with van der Waals surface area (Å²) in [6.07, 6.45) is 1.02. The third kappa shape index (κ3) is 2.68. The Morgan fingerprint density at radius 1 is 1.56 bits per heavy atom. The molecule has 1 rings (SSSR count). The van der Waals surface area contributed by atoms with E-state index in [1.807, 2.05) is 18.9 Å². The van der Waals surface area contributed by atoms with Crippen LogP contribution in [0.15, 0.2) is 6.07 Å². The third-order valence-corrected chi connectivity index (χ3v) is 2.69. The van der Waals surface area contributed by atoms with E-state index in [0.29, 0.717) is 17.7 Å². The molecule has 0 bridgehead atoms. The summed E-state index contributed by atoms with van der Waals surface area (Å²) < 4.78 is 0. The minimum atomic E-state index is -0.0238. The number of aryl methyl sites for hydroxylation is 1. The highest BCUT2D eigenvalue weighted by atomic mass is 15.2. The fourth-order valence-electron chi connectivity index (χ4n) is 1.32. The standard InChI is InChI=1S/C11H19N5/c1-5-8(3)16(4)11-14-7(2)6-9(15-11)10(12)13/h6,8H,5H2,1-4H3,(H3,12,13). The van der Waals surface area contributed by atoms with Gasteiger partial charge in [0, 0.05) is 18.8 Å². The molecule has 0 aliphatic heterocycles. The first-order valence-electron chi connectivity index (χ1n) is 5.38. The molecule has 1 heterocycles. The summed E-state index contributed by atoms with van der Waals surface area (Å²) in [5.41, 5.74) is 6.74. The van der Waals surface area contributed by atoms with Gasteiger partial charge in [-0.2, -0.15) is 0 Å². The number of aromatic nitrogens is 2. The lowest BCUT2D eigenvalue weighted by atomic mass is 10.2. The Morgan fingerprint density at radius 2 is 2.19 bits per heavy atom. The van der Waals surface area contributed by atoms with Crippen LogP contribution in [0.3, 0.4) is 0 Å². The maximum Gasteiger partial charge on any atom is 0.226 e. The zero-order valence-electron chi connectivity index (χ0n) is 10.3. The van der Waals surface area contributed by atoms with Crippen LogP contribution in [0.5, 0.6) is 0 Å². The summed E-state index contributed by atoms with van der Waals surface area (Å²) >= 11 is 0. The first-order chi connectivity index (χ1) is 7.45. The number of amidine groups is 1. The molecule has 0 aromatic carbocycles. The van der Waals surface area contributed by atoms with Crippen molar-refractivity contribution < 1.29 is 0 Å². The predicted octanol–water partition coefficient (Wildman–Crippen LogP) is 1.30. The number of rotatable bonds is 4. The van der Waals surface area contributed by atoms with Gasteiger partial charge in [-0.1, -0.05) is 6.92 Å². The summed E-state index contributed by atoms with van der Waals surface area (Å²) in [6.45, 7) is 6.10. The van der Waals surface area contributed by atoms with Gasteiger partial charge in [-0.15, -0.1) is 0 Å². The summed E-state index contributed by atoms with van der Waals surface area (Å²) in [5, 5.41) is 7.39. The van der Waals surface area contributed by atoms with Gasteiger partial charge in [-0.25, -0.2) is 9.97 Å². The van der Waals surface area contributed by atoms with E-state index in [0.717, 1.165) is 12.1 Å². The number of nitrogen functional groups attached to an aromatic ring is 1. The predicted molar refractivity (Wildman–Crippen MR) is 65.9 cm³/mol. The van der Waals surface area contributed by atoms with E-state index in [-0.39, 0.29) is 5.84 Å². The van der Waals surface area contributed by atoms with Crippen molar-refractivity contribution >= 4 is 11.8 Å². The van der Waals surface area contributed by atoms with E-state index in [1.165, 1.54) is 0 Å². The highest BCUT2D eigenvalue weighted by molar-refractivity contribution is 5.93. The highest BCUT2D eigenvalue weighted by Gasteiger charge is 2.12. The zero-order valence-corrected chi connectivity index (χ0v) is 10.3. The molecule has 0 aliphatic carbocycles. The van der Waals surface area contributed by atoms with Gasteiger partial charge < -0.3 is 10.6 Å². The van der Waals surface area contributed by atoms with Crippen LogP contribution in [-0.2, 0) is 0 Å². The normalized spacial score (nSPS) is 12.2. The van der Waals surface area contributed by atoms with Crippen molar-refractivity contribution in [3.63, 3.8) is 0 Å². The average Bonchev–Trinajstić information content (AvgIpc) is 2.26. The molecule has 1 unspecified atom stereocenters. The third-order valence-electron chi connectivity index (χ3n) is 2.69. The van der Waals surface area contributed by atoms with Crippen LogP contribution in [0.1, 0.15) is 31.7 Å². The molecule has 0 aliphatic rings. The number of anilines is 1. The van der Waals surface area contributed by atoms with E-state index in [2.05, 4.69) is 23.8 Å². The molecule has 0 radical (unpaired) electrons. The molecule has 5 nitrogen and oxygen atoms in total. The molecule has 0 saturated carbocycles. The molecule has 0 spiro atoms. The second-order valence-corrected chi connectivity index (χ2v) is 3.98. The highest BCUT2D eigenvalue weighted by Crippen LogP contribution is 2.12. The molecule has 1 aromatic heterocycles. The van der Waals surface area contributed by atoms with Crippen molar-refractivity contribution in [2.75, 3.05) is 11.9 Å². The van der Waals surface area contributed by atoms with Gasteiger partial charge in [0.15, 0.2) is 0 Å². The number of hydrogen-bond acceptors (Lipinski definition) is 4. The summed E-state index contributed by atoms with van der Waals surface area (Å²) in [4.78, 5) is 10.6. The van der Waals surface area contributed by atoms with Gasteiger partial charge in [-0.3, -0.25) is 5.41 Å². The largest absolute Gasteiger partial charge is 0.382 e. The van der Waals surface area contributed by atoms with Crippen LogP contribution in [0.2, 0.25) is 0 Å². The Hall–Kier alpha value is -1.65. The molecule has 1 aromatic rings. The smallest absolute Gasteiger partial charge is 0.226 e. The Balaban J connectivity index is 3.09. The summed E-state index contributed by atoms with van der Waals surface area (Å²) in [7, 11) is 1.95. The topological polar surface area (TPSA) is 78.9 Å². The van der Waals surface area contributed by atoms with Gasteiger partial charge in [0.05, 0.1) is 0 Å². The first kappa shape index (κ1) is 12.4. The van der Waals surface area contributed by atoms with Gasteiger partial charge in [0.25, 0.3) is 0 Å². The molecule has 1 atom stereocenters. The van der Waals surface area contributed by atoms with E-state index >= 15 is 0 Å². The maximum absolute atomic E-state index is 7.39. The summed E-state index contributed by atoms with van der Waals surface area (Å²) in [5.74, 6) is 0.601. The molecule has 88 valence electrons. The van der Waals surface area contributed by atoms with Gasteiger partial charge in [0.1, 0.15) is 11.5 Å². The molecule has 0 amide bonds. The second kappa shape index (κ2) is 4.92. The van der Waals surface area contributed by atoms with Gasteiger partial charge in [-0.05, 0) is 26.3 Å². The van der Waals surface area contributed by atoms with E-state index in [1.54, 1.807) is 6.07 Å². The maximum atomic E-state index is 7.39. The summed E-state index contributed by atoms with van der Waals surface area (Å²) in [6, 6.07) is 2.08. The molecular weight excluding hydrogens is 202 g/mol. The van der Waals surface area contributed by atoms with Crippen LogP contribution in [-0.4, -0.2) is 28.9 Å². The first-order valence-corrected chi connectivity index (χ1v) is 5.38. The molecular formula is C11H19N5. The molecule has 0 fully saturated rings. The fraction of sp³-hybridized carbons (Fsp3) is 0.545. The van der Waals surface area contributed by atoms with Gasteiger partial charge >= 0.3 is 0 Å². The van der Waals surface area contributed by atoms with Crippen molar-refractivity contribution in [2.45, 2.75) is 33.2 Å². The second-order valence-electron chi connectivity index (χ2n) is 3.98. The quantitative estimate of drug-likeness (QED) is 0.593. The SMILES string of the molecule is CCC(C)N(C)c1nc(C)cc(C(=N)N)n1. The van der Waals surface area contributed by atoms with Crippen molar-refractivity contribution in [1.29, 1.82) is 5.41 Å². The van der Waals surface area contributed by atoms with Crippen LogP contribution in [0.4, 0.5) is 5.95 Å². The van der Waals surface area contributed by atoms with Crippen molar-refractivity contribution in [3.05, 3.63) is 17.5 Å². The molecule has 5 heteroatoms. The number of nitrogens with two attached hydrogens (primary N) is 1. The molecule has 0 saturated heterocycles.